The normalized spacial score (nSPS) is 18.6. The monoisotopic (exact) mass is 267 g/mol. The molecule has 0 spiro atoms. The minimum Gasteiger partial charge on any atom is -0.507 e. The molecule has 1 fully saturated rings. The number of hydrogen-bond acceptors (Lipinski definition) is 4. The fraction of sp³-hybridized carbons (Fsp3) is 0.333. The van der Waals surface area contributed by atoms with Crippen LogP contribution >= 0.6 is 11.8 Å². The number of hydrogen-bond donors (Lipinski definition) is 3. The van der Waals surface area contributed by atoms with E-state index in [1.807, 2.05) is 0 Å². The summed E-state index contributed by atoms with van der Waals surface area (Å²) in [6.45, 7) is 0. The number of benzene rings is 1. The first-order chi connectivity index (χ1) is 8.58. The van der Waals surface area contributed by atoms with Gasteiger partial charge in [-0.2, -0.15) is 0 Å². The third-order valence-corrected chi connectivity index (χ3v) is 4.09. The Morgan fingerprint density at radius 1 is 1.39 bits per heavy atom. The number of anilines is 1. The van der Waals surface area contributed by atoms with Gasteiger partial charge in [-0.15, -0.1) is 11.8 Å². The van der Waals surface area contributed by atoms with Gasteiger partial charge in [0, 0.05) is 11.8 Å². The highest BCUT2D eigenvalue weighted by atomic mass is 32.2. The Morgan fingerprint density at radius 2 is 2.17 bits per heavy atom. The van der Waals surface area contributed by atoms with Gasteiger partial charge in [-0.3, -0.25) is 4.79 Å². The molecule has 0 aromatic heterocycles. The molecule has 1 unspecified atom stereocenters. The smallest absolute Gasteiger partial charge is 0.339 e. The number of carboxylic acid groups (broad SMARTS) is 1. The average Bonchev–Trinajstić information content (AvgIpc) is 2.81. The van der Waals surface area contributed by atoms with Crippen molar-refractivity contribution in [2.24, 2.45) is 0 Å². The third kappa shape index (κ3) is 2.76. The molecule has 1 saturated heterocycles. The van der Waals surface area contributed by atoms with Crippen LogP contribution in [0, 0.1) is 0 Å². The highest BCUT2D eigenvalue weighted by molar-refractivity contribution is 8.00. The van der Waals surface area contributed by atoms with Gasteiger partial charge in [0.25, 0.3) is 0 Å². The summed E-state index contributed by atoms with van der Waals surface area (Å²) < 4.78 is 0. The number of carboxylic acids is 1. The molecule has 0 bridgehead atoms. The van der Waals surface area contributed by atoms with E-state index >= 15 is 0 Å². The predicted octanol–water partition coefficient (Wildman–Crippen LogP) is 1.92. The molecule has 96 valence electrons. The first-order valence-corrected chi connectivity index (χ1v) is 6.61. The molecule has 6 heteroatoms. The van der Waals surface area contributed by atoms with E-state index in [9.17, 15) is 14.7 Å². The molecule has 2 rings (SSSR count). The van der Waals surface area contributed by atoms with Crippen molar-refractivity contribution in [3.8, 4) is 5.75 Å². The van der Waals surface area contributed by atoms with Crippen molar-refractivity contribution in [2.75, 3.05) is 11.1 Å². The molecule has 1 heterocycles. The number of nitrogens with one attached hydrogen (secondary N) is 1. The van der Waals surface area contributed by atoms with Gasteiger partial charge < -0.3 is 15.5 Å². The van der Waals surface area contributed by atoms with E-state index in [1.54, 1.807) is 11.8 Å². The Morgan fingerprint density at radius 3 is 2.72 bits per heavy atom. The summed E-state index contributed by atoms with van der Waals surface area (Å²) in [4.78, 5) is 22.5. The first kappa shape index (κ1) is 12.8. The van der Waals surface area contributed by atoms with Crippen LogP contribution < -0.4 is 5.32 Å². The molecule has 0 saturated carbocycles. The van der Waals surface area contributed by atoms with E-state index in [-0.39, 0.29) is 22.5 Å². The van der Waals surface area contributed by atoms with Crippen molar-refractivity contribution in [3.63, 3.8) is 0 Å². The molecule has 1 aromatic carbocycles. The molecule has 18 heavy (non-hydrogen) atoms. The second-order valence-electron chi connectivity index (χ2n) is 4.03. The number of aromatic hydroxyl groups is 1. The van der Waals surface area contributed by atoms with Gasteiger partial charge in [-0.1, -0.05) is 0 Å². The SMILES string of the molecule is O=C(O)c1ccc(NC(=O)C2CCCS2)cc1O. The standard InChI is InChI=1S/C12H13NO4S/c14-9-6-7(3-4-8(9)12(16)17)13-11(15)10-2-1-5-18-10/h3-4,6,10,14H,1-2,5H2,(H,13,15)(H,16,17). The maximum Gasteiger partial charge on any atom is 0.339 e. The van der Waals surface area contributed by atoms with Crippen LogP contribution in [0.3, 0.4) is 0 Å². The Balaban J connectivity index is 2.07. The van der Waals surface area contributed by atoms with Gasteiger partial charge in [-0.05, 0) is 30.7 Å². The summed E-state index contributed by atoms with van der Waals surface area (Å²) in [5.41, 5.74) is 0.234. The quantitative estimate of drug-likeness (QED) is 0.779. The molecular weight excluding hydrogens is 254 g/mol. The third-order valence-electron chi connectivity index (χ3n) is 2.72. The number of carbonyl (C=O) groups excluding carboxylic acids is 1. The maximum atomic E-state index is 11.8. The summed E-state index contributed by atoms with van der Waals surface area (Å²) in [6.07, 6.45) is 1.89. The zero-order valence-electron chi connectivity index (χ0n) is 9.55. The fourth-order valence-corrected chi connectivity index (χ4v) is 2.96. The number of rotatable bonds is 3. The Bertz CT molecular complexity index is 483. The molecule has 0 radical (unpaired) electrons. The van der Waals surface area contributed by atoms with E-state index in [0.29, 0.717) is 5.69 Å². The van der Waals surface area contributed by atoms with Crippen molar-refractivity contribution in [2.45, 2.75) is 18.1 Å². The van der Waals surface area contributed by atoms with E-state index in [2.05, 4.69) is 5.32 Å². The summed E-state index contributed by atoms with van der Waals surface area (Å²) in [7, 11) is 0. The van der Waals surface area contributed by atoms with Gasteiger partial charge in [0.1, 0.15) is 11.3 Å². The average molecular weight is 267 g/mol. The van der Waals surface area contributed by atoms with Gasteiger partial charge in [0.05, 0.1) is 5.25 Å². The van der Waals surface area contributed by atoms with E-state index in [1.165, 1.54) is 18.2 Å². The Kier molecular flexibility index (Phi) is 3.76. The van der Waals surface area contributed by atoms with Crippen LogP contribution in [0.1, 0.15) is 23.2 Å². The molecular formula is C12H13NO4S. The molecule has 0 aliphatic carbocycles. The molecule has 1 aliphatic heterocycles. The number of aromatic carboxylic acids is 1. The summed E-state index contributed by atoms with van der Waals surface area (Å²) in [5.74, 6) is -0.655. The zero-order chi connectivity index (χ0) is 13.1. The number of phenols is 1. The summed E-state index contributed by atoms with van der Waals surface area (Å²) in [5, 5.41) is 20.9. The lowest BCUT2D eigenvalue weighted by Crippen LogP contribution is -2.22. The van der Waals surface area contributed by atoms with Crippen LogP contribution in [0.4, 0.5) is 5.69 Å². The van der Waals surface area contributed by atoms with Crippen LogP contribution in [-0.2, 0) is 4.79 Å². The Hall–Kier alpha value is -1.69. The van der Waals surface area contributed by atoms with Crippen molar-refractivity contribution in [1.29, 1.82) is 0 Å². The van der Waals surface area contributed by atoms with Gasteiger partial charge in [0.2, 0.25) is 5.91 Å². The van der Waals surface area contributed by atoms with Crippen molar-refractivity contribution in [1.82, 2.24) is 0 Å². The Labute approximate surface area is 108 Å². The molecule has 1 amide bonds. The molecule has 1 atom stereocenters. The molecule has 1 aliphatic rings. The lowest BCUT2D eigenvalue weighted by atomic mass is 10.1. The van der Waals surface area contributed by atoms with Crippen LogP contribution in [-0.4, -0.2) is 33.1 Å². The number of carbonyl (C=O) groups is 2. The van der Waals surface area contributed by atoms with E-state index in [0.717, 1.165) is 18.6 Å². The number of amides is 1. The molecule has 1 aromatic rings. The fourth-order valence-electron chi connectivity index (χ4n) is 1.80. The minimum absolute atomic E-state index is 0.0497. The second kappa shape index (κ2) is 5.30. The van der Waals surface area contributed by atoms with Crippen LogP contribution in [0.25, 0.3) is 0 Å². The second-order valence-corrected chi connectivity index (χ2v) is 5.34. The zero-order valence-corrected chi connectivity index (χ0v) is 10.4. The molecule has 5 nitrogen and oxygen atoms in total. The highest BCUT2D eigenvalue weighted by Crippen LogP contribution is 2.28. The largest absolute Gasteiger partial charge is 0.507 e. The summed E-state index contributed by atoms with van der Waals surface area (Å²) >= 11 is 1.61. The lowest BCUT2D eigenvalue weighted by molar-refractivity contribution is -0.115. The predicted molar refractivity (Wildman–Crippen MR) is 69.2 cm³/mol. The number of thioether (sulfide) groups is 1. The highest BCUT2D eigenvalue weighted by Gasteiger charge is 2.23. The lowest BCUT2D eigenvalue weighted by Gasteiger charge is -2.10. The van der Waals surface area contributed by atoms with Crippen LogP contribution in [0.5, 0.6) is 5.75 Å². The van der Waals surface area contributed by atoms with Gasteiger partial charge in [0.15, 0.2) is 0 Å². The van der Waals surface area contributed by atoms with Crippen molar-refractivity contribution in [3.05, 3.63) is 23.8 Å². The first-order valence-electron chi connectivity index (χ1n) is 5.56. The van der Waals surface area contributed by atoms with Crippen LogP contribution in [0.2, 0.25) is 0 Å². The van der Waals surface area contributed by atoms with E-state index in [4.69, 9.17) is 5.11 Å². The van der Waals surface area contributed by atoms with E-state index < -0.39 is 5.97 Å². The van der Waals surface area contributed by atoms with Crippen molar-refractivity contribution >= 4 is 29.3 Å². The minimum atomic E-state index is -1.20. The maximum absolute atomic E-state index is 11.8. The topological polar surface area (TPSA) is 86.6 Å². The summed E-state index contributed by atoms with van der Waals surface area (Å²) in [6, 6.07) is 4.00. The van der Waals surface area contributed by atoms with Crippen molar-refractivity contribution < 1.29 is 19.8 Å². The molecule has 3 N–H and O–H groups in total. The van der Waals surface area contributed by atoms with Crippen LogP contribution in [0.15, 0.2) is 18.2 Å². The van der Waals surface area contributed by atoms with Gasteiger partial charge in [-0.25, -0.2) is 4.79 Å². The van der Waals surface area contributed by atoms with Gasteiger partial charge >= 0.3 is 5.97 Å².